The van der Waals surface area contributed by atoms with Crippen LogP contribution in [0.5, 0.6) is 23.0 Å². The zero-order chi connectivity index (χ0) is 26.4. The number of nitriles is 1. The van der Waals surface area contributed by atoms with Crippen LogP contribution in [0.25, 0.3) is 0 Å². The molecule has 4 rings (SSSR count). The molecule has 1 heterocycles. The van der Waals surface area contributed by atoms with Gasteiger partial charge in [-0.15, -0.1) is 0 Å². The van der Waals surface area contributed by atoms with Crippen LogP contribution in [0.3, 0.4) is 0 Å². The van der Waals surface area contributed by atoms with Crippen LogP contribution in [0.1, 0.15) is 17.0 Å². The van der Waals surface area contributed by atoms with Crippen molar-refractivity contribution >= 4 is 11.7 Å². The van der Waals surface area contributed by atoms with Crippen molar-refractivity contribution in [2.45, 2.75) is 5.92 Å². The molecule has 3 aromatic carbocycles. The Morgan fingerprint density at radius 3 is 2.57 bits per heavy atom. The Hall–Kier alpha value is -5.30. The molecule has 1 aliphatic rings. The van der Waals surface area contributed by atoms with E-state index in [0.717, 1.165) is 5.56 Å². The number of nitrogens with two attached hydrogens (primary N) is 1. The Morgan fingerprint density at radius 2 is 1.86 bits per heavy atom. The number of hydrogen-bond donors (Lipinski definition) is 1. The summed E-state index contributed by atoms with van der Waals surface area (Å²) >= 11 is 0. The monoisotopic (exact) mass is 499 g/mol. The highest BCUT2D eigenvalue weighted by atomic mass is 16.6. The second kappa shape index (κ2) is 11.0. The van der Waals surface area contributed by atoms with E-state index in [2.05, 4.69) is 12.6 Å². The molecule has 0 saturated heterocycles. The summed E-state index contributed by atoms with van der Waals surface area (Å²) in [5, 5.41) is 20.8. The lowest BCUT2D eigenvalue weighted by Gasteiger charge is -2.26. The number of carbonyl (C=O) groups is 1. The van der Waals surface area contributed by atoms with Gasteiger partial charge in [-0.3, -0.25) is 10.1 Å². The fourth-order valence-electron chi connectivity index (χ4n) is 3.78. The summed E-state index contributed by atoms with van der Waals surface area (Å²) in [6.07, 6.45) is 1.64. The van der Waals surface area contributed by atoms with E-state index in [-0.39, 0.29) is 28.6 Å². The molecule has 0 saturated carbocycles. The summed E-state index contributed by atoms with van der Waals surface area (Å²) in [4.78, 5) is 22.8. The SMILES string of the molecule is C=CCOc1ccc(C2C(C#N)=C(N)Oc3cc(OC(=O)COc4ccccc4[N+](=O)[O-])ccc32)cc1. The van der Waals surface area contributed by atoms with Gasteiger partial charge in [-0.25, -0.2) is 4.79 Å². The lowest BCUT2D eigenvalue weighted by molar-refractivity contribution is -0.385. The Labute approximate surface area is 211 Å². The van der Waals surface area contributed by atoms with Crippen LogP contribution in [0.4, 0.5) is 5.69 Å². The predicted molar refractivity (Wildman–Crippen MR) is 132 cm³/mol. The first kappa shape index (κ1) is 24.8. The van der Waals surface area contributed by atoms with E-state index in [0.29, 0.717) is 23.7 Å². The fourth-order valence-corrected chi connectivity index (χ4v) is 3.78. The third-order valence-electron chi connectivity index (χ3n) is 5.41. The molecule has 2 N–H and O–H groups in total. The second-order valence-corrected chi connectivity index (χ2v) is 7.78. The quantitative estimate of drug-likeness (QED) is 0.149. The molecule has 0 fully saturated rings. The number of fused-ring (bicyclic) bond motifs is 1. The zero-order valence-corrected chi connectivity index (χ0v) is 19.5. The van der Waals surface area contributed by atoms with E-state index >= 15 is 0 Å². The van der Waals surface area contributed by atoms with E-state index < -0.39 is 23.4 Å². The van der Waals surface area contributed by atoms with E-state index in [1.165, 1.54) is 24.3 Å². The molecule has 10 nitrogen and oxygen atoms in total. The normalized spacial score (nSPS) is 14.0. The standard InChI is InChI=1S/C27H21N3O7/c1-2-13-34-18-9-7-17(8-10-18)26-20-12-11-19(14-24(20)37-27(29)21(26)15-28)36-25(31)16-35-23-6-4-3-5-22(23)30(32)33/h2-12,14,26H,1,13,16,29H2. The number of ether oxygens (including phenoxy) is 4. The molecule has 0 radical (unpaired) electrons. The highest BCUT2D eigenvalue weighted by Gasteiger charge is 2.31. The minimum atomic E-state index is -0.776. The largest absolute Gasteiger partial charge is 0.490 e. The molecule has 186 valence electrons. The molecule has 10 heteroatoms. The minimum absolute atomic E-state index is 0.0519. The Balaban J connectivity index is 1.52. The summed E-state index contributed by atoms with van der Waals surface area (Å²) in [5.74, 6) is -0.278. The van der Waals surface area contributed by atoms with Crippen molar-refractivity contribution in [2.24, 2.45) is 5.73 Å². The van der Waals surface area contributed by atoms with Gasteiger partial charge in [0.25, 0.3) is 0 Å². The number of nitro groups is 1. The third kappa shape index (κ3) is 5.52. The lowest BCUT2D eigenvalue weighted by Crippen LogP contribution is -2.21. The highest BCUT2D eigenvalue weighted by molar-refractivity contribution is 5.74. The molecular formula is C27H21N3O7. The molecule has 1 atom stereocenters. The Morgan fingerprint density at radius 1 is 1.14 bits per heavy atom. The summed E-state index contributed by atoms with van der Waals surface area (Å²) in [6.45, 7) is 3.44. The molecule has 0 aliphatic carbocycles. The van der Waals surface area contributed by atoms with Crippen LogP contribution < -0.4 is 24.7 Å². The first-order valence-corrected chi connectivity index (χ1v) is 11.0. The maximum Gasteiger partial charge on any atom is 0.349 e. The predicted octanol–water partition coefficient (Wildman–Crippen LogP) is 4.36. The zero-order valence-electron chi connectivity index (χ0n) is 19.5. The van der Waals surface area contributed by atoms with Crippen molar-refractivity contribution in [1.82, 2.24) is 0 Å². The molecule has 37 heavy (non-hydrogen) atoms. The molecule has 0 aromatic heterocycles. The minimum Gasteiger partial charge on any atom is -0.490 e. The Kier molecular flexibility index (Phi) is 7.35. The Bertz CT molecular complexity index is 1420. The smallest absolute Gasteiger partial charge is 0.349 e. The number of nitrogens with zero attached hydrogens (tertiary/aromatic N) is 2. The van der Waals surface area contributed by atoms with Crippen LogP contribution >= 0.6 is 0 Å². The topological polar surface area (TPSA) is 147 Å². The van der Waals surface area contributed by atoms with Gasteiger partial charge in [0.1, 0.15) is 35.5 Å². The molecule has 0 spiro atoms. The number of nitro benzene ring substituents is 1. The van der Waals surface area contributed by atoms with Crippen molar-refractivity contribution in [3.8, 4) is 29.1 Å². The van der Waals surface area contributed by atoms with Crippen LogP contribution in [-0.2, 0) is 4.79 Å². The first-order chi connectivity index (χ1) is 17.9. The van der Waals surface area contributed by atoms with Gasteiger partial charge in [0.15, 0.2) is 12.4 Å². The van der Waals surface area contributed by atoms with Gasteiger partial charge in [0.2, 0.25) is 5.88 Å². The van der Waals surface area contributed by atoms with Crippen molar-refractivity contribution in [3.05, 3.63) is 112 Å². The van der Waals surface area contributed by atoms with Gasteiger partial charge in [-0.2, -0.15) is 5.26 Å². The van der Waals surface area contributed by atoms with Gasteiger partial charge in [0, 0.05) is 17.7 Å². The third-order valence-corrected chi connectivity index (χ3v) is 5.41. The number of carbonyl (C=O) groups excluding carboxylic acids is 1. The summed E-state index contributed by atoms with van der Waals surface area (Å²) in [7, 11) is 0. The number of esters is 1. The van der Waals surface area contributed by atoms with Gasteiger partial charge in [-0.05, 0) is 29.8 Å². The van der Waals surface area contributed by atoms with Gasteiger partial charge < -0.3 is 24.7 Å². The number of para-hydroxylation sites is 2. The second-order valence-electron chi connectivity index (χ2n) is 7.78. The number of allylic oxidation sites excluding steroid dienone is 1. The van der Waals surface area contributed by atoms with Crippen molar-refractivity contribution in [3.63, 3.8) is 0 Å². The molecular weight excluding hydrogens is 478 g/mol. The number of hydrogen-bond acceptors (Lipinski definition) is 9. The van der Waals surface area contributed by atoms with Crippen LogP contribution in [-0.4, -0.2) is 24.1 Å². The van der Waals surface area contributed by atoms with Gasteiger partial charge in [0.05, 0.1) is 10.8 Å². The number of rotatable bonds is 9. The van der Waals surface area contributed by atoms with E-state index in [1.54, 1.807) is 36.4 Å². The molecule has 0 amide bonds. The maximum absolute atomic E-state index is 12.3. The number of benzene rings is 3. The van der Waals surface area contributed by atoms with Gasteiger partial charge in [-0.1, -0.05) is 43.0 Å². The van der Waals surface area contributed by atoms with Crippen molar-refractivity contribution in [1.29, 1.82) is 5.26 Å². The van der Waals surface area contributed by atoms with Crippen LogP contribution in [0.15, 0.2) is 90.8 Å². The molecule has 0 bridgehead atoms. The van der Waals surface area contributed by atoms with Crippen LogP contribution in [0, 0.1) is 21.4 Å². The summed E-state index contributed by atoms with van der Waals surface area (Å²) in [5.41, 5.74) is 7.47. The van der Waals surface area contributed by atoms with Crippen molar-refractivity contribution < 1.29 is 28.7 Å². The van der Waals surface area contributed by atoms with Crippen molar-refractivity contribution in [2.75, 3.05) is 13.2 Å². The maximum atomic E-state index is 12.3. The lowest BCUT2D eigenvalue weighted by atomic mass is 9.83. The van der Waals surface area contributed by atoms with E-state index in [4.69, 9.17) is 24.7 Å². The molecule has 1 aliphatic heterocycles. The summed E-state index contributed by atoms with van der Waals surface area (Å²) in [6, 6.07) is 19.8. The van der Waals surface area contributed by atoms with Gasteiger partial charge >= 0.3 is 11.7 Å². The average molecular weight is 499 g/mol. The average Bonchev–Trinajstić information content (AvgIpc) is 2.90. The highest BCUT2D eigenvalue weighted by Crippen LogP contribution is 2.43. The molecule has 3 aromatic rings. The van der Waals surface area contributed by atoms with E-state index in [9.17, 15) is 20.2 Å². The van der Waals surface area contributed by atoms with Crippen LogP contribution in [0.2, 0.25) is 0 Å². The first-order valence-electron chi connectivity index (χ1n) is 11.0. The molecule has 1 unspecified atom stereocenters. The summed E-state index contributed by atoms with van der Waals surface area (Å²) < 4.78 is 21.8. The van der Waals surface area contributed by atoms with E-state index in [1.807, 2.05) is 12.1 Å². The fraction of sp³-hybridized carbons (Fsp3) is 0.111.